The summed E-state index contributed by atoms with van der Waals surface area (Å²) in [5, 5.41) is 12.0. The minimum absolute atomic E-state index is 0.103. The van der Waals surface area contributed by atoms with Gasteiger partial charge in [-0.3, -0.25) is 14.3 Å². The molecule has 8 heteroatoms. The lowest BCUT2D eigenvalue weighted by molar-refractivity contribution is 0.0992. The van der Waals surface area contributed by atoms with Crippen molar-refractivity contribution in [3.05, 3.63) is 108 Å². The van der Waals surface area contributed by atoms with E-state index >= 15 is 0 Å². The highest BCUT2D eigenvalue weighted by molar-refractivity contribution is 6.10. The quantitative estimate of drug-likeness (QED) is 0.295. The summed E-state index contributed by atoms with van der Waals surface area (Å²) in [7, 11) is 0. The Bertz CT molecular complexity index is 1520. The number of carbonyl (C=O) groups is 2. The molecule has 8 nitrogen and oxygen atoms in total. The van der Waals surface area contributed by atoms with E-state index in [1.807, 2.05) is 67.6 Å². The van der Waals surface area contributed by atoms with Crippen molar-refractivity contribution in [2.75, 3.05) is 10.6 Å². The highest BCUT2D eigenvalue weighted by Gasteiger charge is 2.21. The predicted molar refractivity (Wildman–Crippen MR) is 137 cm³/mol. The largest absolute Gasteiger partial charge is 0.486 e. The minimum Gasteiger partial charge on any atom is -0.486 e. The van der Waals surface area contributed by atoms with Gasteiger partial charge in [0.2, 0.25) is 0 Å². The average molecular weight is 481 g/mol. The molecule has 2 amide bonds. The van der Waals surface area contributed by atoms with Crippen LogP contribution >= 0.6 is 0 Å². The number of carbonyl (C=O) groups excluding carboxylic acids is 2. The molecule has 0 spiro atoms. The third kappa shape index (κ3) is 5.12. The number of ether oxygens (including phenoxy) is 1. The molecule has 2 N–H and O–H groups in total. The van der Waals surface area contributed by atoms with Crippen molar-refractivity contribution in [2.45, 2.75) is 20.1 Å². The van der Waals surface area contributed by atoms with E-state index in [1.165, 1.54) is 0 Å². The lowest BCUT2D eigenvalue weighted by Gasteiger charge is -2.06. The fourth-order valence-electron chi connectivity index (χ4n) is 3.73. The summed E-state index contributed by atoms with van der Waals surface area (Å²) < 4.78 is 13.1. The molecule has 0 aliphatic carbocycles. The molecule has 5 rings (SSSR count). The number of hydrogen-bond donors (Lipinski definition) is 2. The smallest absolute Gasteiger partial charge is 0.291 e. The standard InChI is InChI=1S/C28H24N4O4/c1-2-32-17-24(26(31-32)28(34)29-21-10-4-3-5-11-21)30-27(33)25-15-14-23(36-25)18-35-22-13-12-19-8-6-7-9-20(19)16-22/h3-17H,2,18H2,1H3,(H,29,34)(H,30,33). The summed E-state index contributed by atoms with van der Waals surface area (Å²) in [6.07, 6.45) is 1.62. The monoisotopic (exact) mass is 480 g/mol. The zero-order valence-corrected chi connectivity index (χ0v) is 19.6. The maximum atomic E-state index is 12.9. The lowest BCUT2D eigenvalue weighted by atomic mass is 10.1. The van der Waals surface area contributed by atoms with Gasteiger partial charge in [0.05, 0.1) is 5.69 Å². The number of nitrogens with one attached hydrogen (secondary N) is 2. The van der Waals surface area contributed by atoms with Crippen LogP contribution in [0.25, 0.3) is 10.8 Å². The number of aromatic nitrogens is 2. The zero-order valence-electron chi connectivity index (χ0n) is 19.6. The van der Waals surface area contributed by atoms with Crippen molar-refractivity contribution in [3.8, 4) is 5.75 Å². The van der Waals surface area contributed by atoms with Crippen LogP contribution in [0.1, 0.15) is 33.7 Å². The number of hydrogen-bond acceptors (Lipinski definition) is 5. The van der Waals surface area contributed by atoms with Crippen LogP contribution in [0.2, 0.25) is 0 Å². The number of furan rings is 1. The summed E-state index contributed by atoms with van der Waals surface area (Å²) >= 11 is 0. The summed E-state index contributed by atoms with van der Waals surface area (Å²) in [6.45, 7) is 2.61. The van der Waals surface area contributed by atoms with Crippen molar-refractivity contribution in [2.24, 2.45) is 0 Å². The zero-order chi connectivity index (χ0) is 24.9. The van der Waals surface area contributed by atoms with Gasteiger partial charge in [0, 0.05) is 18.4 Å². The van der Waals surface area contributed by atoms with Gasteiger partial charge in [0.1, 0.15) is 18.1 Å². The van der Waals surface area contributed by atoms with E-state index in [1.54, 1.807) is 35.1 Å². The van der Waals surface area contributed by atoms with Crippen LogP contribution in [-0.2, 0) is 13.2 Å². The van der Waals surface area contributed by atoms with Gasteiger partial charge in [-0.25, -0.2) is 0 Å². The molecule has 3 aromatic carbocycles. The lowest BCUT2D eigenvalue weighted by Crippen LogP contribution is -2.17. The molecule has 0 aliphatic rings. The van der Waals surface area contributed by atoms with Gasteiger partial charge >= 0.3 is 0 Å². The number of amides is 2. The number of anilines is 2. The van der Waals surface area contributed by atoms with E-state index in [0.29, 0.717) is 29.4 Å². The van der Waals surface area contributed by atoms with Gasteiger partial charge < -0.3 is 19.8 Å². The SMILES string of the molecule is CCn1cc(NC(=O)c2ccc(COc3ccc4ccccc4c3)o2)c(C(=O)Nc2ccccc2)n1. The van der Waals surface area contributed by atoms with Crippen LogP contribution in [0, 0.1) is 0 Å². The van der Waals surface area contributed by atoms with Crippen molar-refractivity contribution in [3.63, 3.8) is 0 Å². The van der Waals surface area contributed by atoms with E-state index in [9.17, 15) is 9.59 Å². The Kier molecular flexibility index (Phi) is 6.48. The van der Waals surface area contributed by atoms with Crippen LogP contribution in [0.5, 0.6) is 5.75 Å². The summed E-state index contributed by atoms with van der Waals surface area (Å²) in [4.78, 5) is 25.7. The number of aryl methyl sites for hydroxylation is 1. The van der Waals surface area contributed by atoms with Crippen LogP contribution in [0.4, 0.5) is 11.4 Å². The summed E-state index contributed by atoms with van der Waals surface area (Å²) in [6, 6.07) is 26.2. The van der Waals surface area contributed by atoms with E-state index in [2.05, 4.69) is 15.7 Å². The van der Waals surface area contributed by atoms with Crippen LogP contribution in [0.15, 0.2) is 95.5 Å². The number of nitrogens with zero attached hydrogens (tertiary/aromatic N) is 2. The first-order chi connectivity index (χ1) is 17.6. The summed E-state index contributed by atoms with van der Waals surface area (Å²) in [5.74, 6) is 0.395. The molecule has 2 aromatic heterocycles. The molecule has 0 radical (unpaired) electrons. The molecule has 0 unspecified atom stereocenters. The van der Waals surface area contributed by atoms with Crippen molar-refractivity contribution in [1.82, 2.24) is 9.78 Å². The molecule has 0 saturated carbocycles. The highest BCUT2D eigenvalue weighted by atomic mass is 16.5. The normalized spacial score (nSPS) is 10.8. The third-order valence-corrected chi connectivity index (χ3v) is 5.57. The Balaban J connectivity index is 1.25. The maximum absolute atomic E-state index is 12.9. The predicted octanol–water partition coefficient (Wildman–Crippen LogP) is 5.73. The molecule has 2 heterocycles. The highest BCUT2D eigenvalue weighted by Crippen LogP contribution is 2.22. The van der Waals surface area contributed by atoms with Gasteiger partial charge in [0.25, 0.3) is 11.8 Å². The average Bonchev–Trinajstić information content (AvgIpc) is 3.55. The Morgan fingerprint density at radius 3 is 2.47 bits per heavy atom. The van der Waals surface area contributed by atoms with E-state index < -0.39 is 11.8 Å². The molecule has 36 heavy (non-hydrogen) atoms. The Hall–Kier alpha value is -4.85. The maximum Gasteiger partial charge on any atom is 0.291 e. The molecule has 0 fully saturated rings. The minimum atomic E-state index is -0.489. The number of para-hydroxylation sites is 1. The Morgan fingerprint density at radius 1 is 0.889 bits per heavy atom. The molecule has 0 bridgehead atoms. The fourth-order valence-corrected chi connectivity index (χ4v) is 3.73. The first-order valence-corrected chi connectivity index (χ1v) is 11.5. The van der Waals surface area contributed by atoms with Crippen LogP contribution < -0.4 is 15.4 Å². The van der Waals surface area contributed by atoms with E-state index in [0.717, 1.165) is 10.8 Å². The number of fused-ring (bicyclic) bond motifs is 1. The van der Waals surface area contributed by atoms with E-state index in [-0.39, 0.29) is 18.1 Å². The second-order valence-corrected chi connectivity index (χ2v) is 8.08. The van der Waals surface area contributed by atoms with Gasteiger partial charge in [0.15, 0.2) is 11.5 Å². The topological polar surface area (TPSA) is 98.4 Å². The molecule has 5 aromatic rings. The first kappa shape index (κ1) is 22.9. The fraction of sp³-hybridized carbons (Fsp3) is 0.107. The molecule has 0 atom stereocenters. The Labute approximate surface area is 207 Å². The third-order valence-electron chi connectivity index (χ3n) is 5.57. The van der Waals surface area contributed by atoms with Gasteiger partial charge in [-0.15, -0.1) is 0 Å². The first-order valence-electron chi connectivity index (χ1n) is 11.5. The second-order valence-electron chi connectivity index (χ2n) is 8.08. The summed E-state index contributed by atoms with van der Waals surface area (Å²) in [5.41, 5.74) is 1.04. The Morgan fingerprint density at radius 2 is 1.67 bits per heavy atom. The van der Waals surface area contributed by atoms with Crippen LogP contribution in [-0.4, -0.2) is 21.6 Å². The molecular formula is C28H24N4O4. The molecule has 0 aliphatic heterocycles. The number of rotatable bonds is 8. The van der Waals surface area contributed by atoms with Crippen molar-refractivity contribution >= 4 is 34.0 Å². The molecular weight excluding hydrogens is 456 g/mol. The second kappa shape index (κ2) is 10.2. The van der Waals surface area contributed by atoms with Crippen molar-refractivity contribution in [1.29, 1.82) is 0 Å². The van der Waals surface area contributed by atoms with Gasteiger partial charge in [-0.05, 0) is 54.1 Å². The number of benzene rings is 3. The van der Waals surface area contributed by atoms with Crippen molar-refractivity contribution < 1.29 is 18.7 Å². The molecule has 180 valence electrons. The van der Waals surface area contributed by atoms with Gasteiger partial charge in [-0.2, -0.15) is 5.10 Å². The van der Waals surface area contributed by atoms with E-state index in [4.69, 9.17) is 9.15 Å². The van der Waals surface area contributed by atoms with Crippen LogP contribution in [0.3, 0.4) is 0 Å². The molecule has 0 saturated heterocycles. The van der Waals surface area contributed by atoms with Gasteiger partial charge in [-0.1, -0.05) is 48.5 Å².